The van der Waals surface area contributed by atoms with Gasteiger partial charge in [-0.2, -0.15) is 0 Å². The Kier molecular flexibility index (Phi) is 5.55. The van der Waals surface area contributed by atoms with Crippen molar-refractivity contribution in [3.8, 4) is 17.4 Å². The van der Waals surface area contributed by atoms with Gasteiger partial charge in [0.2, 0.25) is 11.8 Å². The van der Waals surface area contributed by atoms with Gasteiger partial charge in [0.15, 0.2) is 5.82 Å². The minimum atomic E-state index is 0.116. The number of anilines is 1. The van der Waals surface area contributed by atoms with Gasteiger partial charge in [-0.1, -0.05) is 19.3 Å². The zero-order chi connectivity index (χ0) is 20.2. The Morgan fingerprint density at radius 1 is 1.03 bits per heavy atom. The maximum Gasteiger partial charge on any atom is 0.238 e. The Hall–Kier alpha value is -3.22. The number of amides is 1. The van der Waals surface area contributed by atoms with E-state index >= 15 is 0 Å². The first-order valence-electron chi connectivity index (χ1n) is 10.0. The van der Waals surface area contributed by atoms with E-state index in [1.54, 1.807) is 12.4 Å². The standard InChI is InChI=1S/C22H25N5O2/c1-15-16(2)27(14-23-15)20-12-13-21(26-25-20)29-19-10-8-18(9-11-19)24-22(28)17-6-4-3-5-7-17/h8-14,17H,3-7H2,1-2H3,(H,24,28). The summed E-state index contributed by atoms with van der Waals surface area (Å²) in [5.41, 5.74) is 2.77. The summed E-state index contributed by atoms with van der Waals surface area (Å²) in [6.07, 6.45) is 7.23. The van der Waals surface area contributed by atoms with E-state index in [2.05, 4.69) is 20.5 Å². The molecule has 0 bridgehead atoms. The van der Waals surface area contributed by atoms with Gasteiger partial charge in [-0.05, 0) is 57.0 Å². The molecule has 1 aliphatic rings. The third kappa shape index (κ3) is 4.45. The first kappa shape index (κ1) is 19.1. The van der Waals surface area contributed by atoms with Crippen LogP contribution in [0.15, 0.2) is 42.7 Å². The fourth-order valence-electron chi connectivity index (χ4n) is 3.56. The van der Waals surface area contributed by atoms with Crippen LogP contribution in [-0.4, -0.2) is 25.7 Å². The SMILES string of the molecule is Cc1ncn(-c2ccc(Oc3ccc(NC(=O)C4CCCCC4)cc3)nn2)c1C. The average Bonchev–Trinajstić information content (AvgIpc) is 3.09. The number of aryl methyl sites for hydroxylation is 1. The Morgan fingerprint density at radius 3 is 2.41 bits per heavy atom. The van der Waals surface area contributed by atoms with Crippen LogP contribution in [0.1, 0.15) is 43.5 Å². The Morgan fingerprint density at radius 2 is 1.79 bits per heavy atom. The third-order valence-electron chi connectivity index (χ3n) is 5.44. The van der Waals surface area contributed by atoms with E-state index in [1.807, 2.05) is 48.7 Å². The molecule has 1 N–H and O–H groups in total. The molecule has 1 amide bonds. The number of carbonyl (C=O) groups is 1. The van der Waals surface area contributed by atoms with Gasteiger partial charge < -0.3 is 10.1 Å². The molecule has 1 aliphatic carbocycles. The zero-order valence-electron chi connectivity index (χ0n) is 16.8. The van der Waals surface area contributed by atoms with Crippen LogP contribution in [0.5, 0.6) is 11.6 Å². The topological polar surface area (TPSA) is 81.9 Å². The molecule has 0 radical (unpaired) electrons. The number of carbonyl (C=O) groups excluding carboxylic acids is 1. The summed E-state index contributed by atoms with van der Waals surface area (Å²) in [5.74, 6) is 1.98. The van der Waals surface area contributed by atoms with Gasteiger partial charge in [-0.3, -0.25) is 9.36 Å². The van der Waals surface area contributed by atoms with Crippen LogP contribution in [0.25, 0.3) is 5.82 Å². The number of hydrogen-bond acceptors (Lipinski definition) is 5. The highest BCUT2D eigenvalue weighted by Crippen LogP contribution is 2.26. The summed E-state index contributed by atoms with van der Waals surface area (Å²) in [6.45, 7) is 3.95. The molecule has 7 nitrogen and oxygen atoms in total. The van der Waals surface area contributed by atoms with E-state index in [-0.39, 0.29) is 11.8 Å². The van der Waals surface area contributed by atoms with Gasteiger partial charge >= 0.3 is 0 Å². The molecular weight excluding hydrogens is 366 g/mol. The monoisotopic (exact) mass is 391 g/mol. The lowest BCUT2D eigenvalue weighted by atomic mass is 9.88. The summed E-state index contributed by atoms with van der Waals surface area (Å²) in [7, 11) is 0. The lowest BCUT2D eigenvalue weighted by Gasteiger charge is -2.20. The number of aromatic nitrogens is 4. The average molecular weight is 391 g/mol. The predicted octanol–water partition coefficient (Wildman–Crippen LogP) is 4.59. The predicted molar refractivity (Wildman–Crippen MR) is 110 cm³/mol. The molecule has 2 aromatic heterocycles. The lowest BCUT2D eigenvalue weighted by molar-refractivity contribution is -0.120. The van der Waals surface area contributed by atoms with Crippen LogP contribution in [0.4, 0.5) is 5.69 Å². The number of ether oxygens (including phenoxy) is 1. The second kappa shape index (κ2) is 8.43. The molecule has 0 atom stereocenters. The normalized spacial score (nSPS) is 14.6. The summed E-state index contributed by atoms with van der Waals surface area (Å²) < 4.78 is 7.65. The highest BCUT2D eigenvalue weighted by molar-refractivity contribution is 5.92. The maximum absolute atomic E-state index is 12.4. The number of nitrogens with one attached hydrogen (secondary N) is 1. The quantitative estimate of drug-likeness (QED) is 0.688. The molecule has 0 unspecified atom stereocenters. The van der Waals surface area contributed by atoms with Crippen molar-refractivity contribution in [1.82, 2.24) is 19.7 Å². The van der Waals surface area contributed by atoms with Gasteiger partial charge in [0.1, 0.15) is 12.1 Å². The highest BCUT2D eigenvalue weighted by Gasteiger charge is 2.21. The Labute approximate surface area is 170 Å². The summed E-state index contributed by atoms with van der Waals surface area (Å²) in [5, 5.41) is 11.4. The van der Waals surface area contributed by atoms with Crippen molar-refractivity contribution in [1.29, 1.82) is 0 Å². The van der Waals surface area contributed by atoms with E-state index < -0.39 is 0 Å². The van der Waals surface area contributed by atoms with Gasteiger partial charge in [0.25, 0.3) is 0 Å². The molecule has 2 heterocycles. The largest absolute Gasteiger partial charge is 0.438 e. The molecule has 1 fully saturated rings. The molecule has 0 saturated heterocycles. The molecular formula is C22H25N5O2. The summed E-state index contributed by atoms with van der Waals surface area (Å²) >= 11 is 0. The van der Waals surface area contributed by atoms with Crippen LogP contribution >= 0.6 is 0 Å². The van der Waals surface area contributed by atoms with Crippen LogP contribution in [0.2, 0.25) is 0 Å². The minimum absolute atomic E-state index is 0.116. The molecule has 1 aromatic carbocycles. The van der Waals surface area contributed by atoms with Gasteiger partial charge in [-0.15, -0.1) is 10.2 Å². The number of rotatable bonds is 5. The van der Waals surface area contributed by atoms with Crippen LogP contribution in [0, 0.1) is 19.8 Å². The molecule has 3 aromatic rings. The smallest absolute Gasteiger partial charge is 0.238 e. The van der Waals surface area contributed by atoms with Gasteiger partial charge in [0.05, 0.1) is 5.69 Å². The minimum Gasteiger partial charge on any atom is -0.438 e. The first-order chi connectivity index (χ1) is 14.1. The van der Waals surface area contributed by atoms with E-state index in [0.717, 1.165) is 42.8 Å². The lowest BCUT2D eigenvalue weighted by Crippen LogP contribution is -2.24. The van der Waals surface area contributed by atoms with Crippen LogP contribution in [0.3, 0.4) is 0 Å². The highest BCUT2D eigenvalue weighted by atomic mass is 16.5. The number of nitrogens with zero attached hydrogens (tertiary/aromatic N) is 4. The molecule has 0 spiro atoms. The number of imidazole rings is 1. The Bertz CT molecular complexity index is 973. The second-order valence-electron chi connectivity index (χ2n) is 7.47. The molecule has 1 saturated carbocycles. The third-order valence-corrected chi connectivity index (χ3v) is 5.44. The van der Waals surface area contributed by atoms with Crippen molar-refractivity contribution < 1.29 is 9.53 Å². The molecule has 4 rings (SSSR count). The zero-order valence-corrected chi connectivity index (χ0v) is 16.8. The Balaban J connectivity index is 1.37. The fraction of sp³-hybridized carbons (Fsp3) is 0.364. The molecule has 29 heavy (non-hydrogen) atoms. The van der Waals surface area contributed by atoms with E-state index in [4.69, 9.17) is 4.74 Å². The number of hydrogen-bond donors (Lipinski definition) is 1. The second-order valence-corrected chi connectivity index (χ2v) is 7.47. The van der Waals surface area contributed by atoms with Gasteiger partial charge in [-0.25, -0.2) is 4.98 Å². The maximum atomic E-state index is 12.4. The van der Waals surface area contributed by atoms with Crippen LogP contribution < -0.4 is 10.1 Å². The fourth-order valence-corrected chi connectivity index (χ4v) is 3.56. The van der Waals surface area contributed by atoms with Crippen molar-refractivity contribution in [2.24, 2.45) is 5.92 Å². The van der Waals surface area contributed by atoms with Crippen LogP contribution in [-0.2, 0) is 4.79 Å². The van der Waals surface area contributed by atoms with E-state index in [0.29, 0.717) is 17.4 Å². The van der Waals surface area contributed by atoms with Crippen molar-refractivity contribution in [2.45, 2.75) is 46.0 Å². The molecule has 0 aliphatic heterocycles. The number of benzene rings is 1. The van der Waals surface area contributed by atoms with Crippen molar-refractivity contribution >= 4 is 11.6 Å². The summed E-state index contributed by atoms with van der Waals surface area (Å²) in [4.78, 5) is 16.6. The van der Waals surface area contributed by atoms with Gasteiger partial charge in [0, 0.05) is 23.4 Å². The molecule has 150 valence electrons. The van der Waals surface area contributed by atoms with E-state index in [1.165, 1.54) is 6.42 Å². The molecule has 7 heteroatoms. The summed E-state index contributed by atoms with van der Waals surface area (Å²) in [6, 6.07) is 10.9. The van der Waals surface area contributed by atoms with Crippen molar-refractivity contribution in [3.05, 3.63) is 54.1 Å². The first-order valence-corrected chi connectivity index (χ1v) is 10.0. The van der Waals surface area contributed by atoms with Crippen molar-refractivity contribution in [2.75, 3.05) is 5.32 Å². The van der Waals surface area contributed by atoms with Crippen molar-refractivity contribution in [3.63, 3.8) is 0 Å². The van der Waals surface area contributed by atoms with E-state index in [9.17, 15) is 4.79 Å².